The maximum absolute atomic E-state index is 12.3. The number of aromatic nitrogens is 1. The predicted octanol–water partition coefficient (Wildman–Crippen LogP) is 3.04. The van der Waals surface area contributed by atoms with Crippen molar-refractivity contribution < 1.29 is 9.53 Å². The Bertz CT molecular complexity index is 707. The summed E-state index contributed by atoms with van der Waals surface area (Å²) in [5, 5.41) is 3.54. The van der Waals surface area contributed by atoms with Gasteiger partial charge in [-0.05, 0) is 52.2 Å². The van der Waals surface area contributed by atoms with Gasteiger partial charge in [-0.15, -0.1) is 0 Å². The van der Waals surface area contributed by atoms with E-state index >= 15 is 0 Å². The predicted molar refractivity (Wildman–Crippen MR) is 105 cm³/mol. The van der Waals surface area contributed by atoms with Crippen LogP contribution in [0.3, 0.4) is 0 Å². The first-order valence-electron chi connectivity index (χ1n) is 10.3. The van der Waals surface area contributed by atoms with Crippen molar-refractivity contribution in [2.24, 2.45) is 0 Å². The first kappa shape index (κ1) is 18.7. The summed E-state index contributed by atoms with van der Waals surface area (Å²) < 4.78 is 5.50. The number of carbonyl (C=O) groups is 1. The molecule has 4 rings (SSSR count). The van der Waals surface area contributed by atoms with E-state index in [1.807, 2.05) is 25.7 Å². The number of nitrogens with one attached hydrogen (secondary N) is 1. The number of ether oxygens (including phenoxy) is 1. The smallest absolute Gasteiger partial charge is 0.410 e. The number of likely N-dealkylation sites (tertiary alicyclic amines) is 1. The molecule has 3 aliphatic rings. The number of hydrogen-bond donors (Lipinski definition) is 1. The second kappa shape index (κ2) is 7.06. The molecule has 1 aromatic rings. The minimum Gasteiger partial charge on any atom is -0.444 e. The highest BCUT2D eigenvalue weighted by molar-refractivity contribution is 5.68. The molecule has 1 N–H and O–H groups in total. The normalized spacial score (nSPS) is 26.6. The molecule has 6 heteroatoms. The molecule has 0 aromatic carbocycles. The van der Waals surface area contributed by atoms with Crippen molar-refractivity contribution in [2.75, 3.05) is 26.2 Å². The zero-order valence-electron chi connectivity index (χ0n) is 17.0. The van der Waals surface area contributed by atoms with Crippen molar-refractivity contribution in [3.8, 4) is 0 Å². The van der Waals surface area contributed by atoms with E-state index in [9.17, 15) is 4.79 Å². The van der Waals surface area contributed by atoms with Crippen LogP contribution in [-0.2, 0) is 11.3 Å². The van der Waals surface area contributed by atoms with E-state index in [4.69, 9.17) is 9.72 Å². The minimum absolute atomic E-state index is 0.193. The van der Waals surface area contributed by atoms with E-state index in [1.54, 1.807) is 0 Å². The van der Waals surface area contributed by atoms with Crippen molar-refractivity contribution >= 4 is 6.09 Å². The fourth-order valence-electron chi connectivity index (χ4n) is 4.57. The summed E-state index contributed by atoms with van der Waals surface area (Å²) in [7, 11) is 0. The molecular formula is C21H32N4O2. The minimum atomic E-state index is -0.437. The Morgan fingerprint density at radius 2 is 1.96 bits per heavy atom. The van der Waals surface area contributed by atoms with Crippen LogP contribution in [0, 0.1) is 0 Å². The molecule has 0 bridgehead atoms. The van der Waals surface area contributed by atoms with Crippen LogP contribution in [-0.4, -0.2) is 58.7 Å². The van der Waals surface area contributed by atoms with Gasteiger partial charge in [-0.3, -0.25) is 9.88 Å². The summed E-state index contributed by atoms with van der Waals surface area (Å²) in [6, 6.07) is 5.54. The largest absolute Gasteiger partial charge is 0.444 e. The highest BCUT2D eigenvalue weighted by Gasteiger charge is 2.37. The molecule has 0 radical (unpaired) electrons. The molecule has 0 saturated carbocycles. The molecule has 0 unspecified atom stereocenters. The lowest BCUT2D eigenvalue weighted by Gasteiger charge is -2.36. The van der Waals surface area contributed by atoms with E-state index in [1.165, 1.54) is 17.0 Å². The molecular weight excluding hydrogens is 340 g/mol. The first-order chi connectivity index (χ1) is 12.8. The Balaban J connectivity index is 1.40. The van der Waals surface area contributed by atoms with Crippen molar-refractivity contribution in [3.63, 3.8) is 0 Å². The lowest BCUT2D eigenvalue weighted by atomic mass is 9.92. The van der Waals surface area contributed by atoms with Gasteiger partial charge in [0.1, 0.15) is 5.60 Å². The Morgan fingerprint density at radius 1 is 1.22 bits per heavy atom. The van der Waals surface area contributed by atoms with Crippen molar-refractivity contribution in [1.82, 2.24) is 20.1 Å². The van der Waals surface area contributed by atoms with Crippen molar-refractivity contribution in [1.29, 1.82) is 0 Å². The van der Waals surface area contributed by atoms with Gasteiger partial charge in [0.15, 0.2) is 0 Å². The van der Waals surface area contributed by atoms with Gasteiger partial charge in [0.05, 0.1) is 5.69 Å². The lowest BCUT2D eigenvalue weighted by molar-refractivity contribution is 0.0204. The molecule has 1 amide bonds. The summed E-state index contributed by atoms with van der Waals surface area (Å²) in [6.45, 7) is 12.6. The van der Waals surface area contributed by atoms with Crippen LogP contribution in [0.2, 0.25) is 0 Å². The van der Waals surface area contributed by atoms with Crippen LogP contribution in [0.25, 0.3) is 0 Å². The molecule has 2 fully saturated rings. The number of piperidine rings is 1. The molecule has 2 saturated heterocycles. The van der Waals surface area contributed by atoms with Gasteiger partial charge >= 0.3 is 6.09 Å². The monoisotopic (exact) mass is 372 g/mol. The quantitative estimate of drug-likeness (QED) is 0.821. The van der Waals surface area contributed by atoms with E-state index in [2.05, 4.69) is 29.3 Å². The number of rotatable bonds is 1. The van der Waals surface area contributed by atoms with E-state index in [0.717, 1.165) is 45.6 Å². The molecule has 2 atom stereocenters. The molecule has 6 nitrogen and oxygen atoms in total. The number of fused-ring (bicyclic) bond motifs is 3. The van der Waals surface area contributed by atoms with E-state index in [0.29, 0.717) is 18.0 Å². The van der Waals surface area contributed by atoms with Crippen LogP contribution >= 0.6 is 0 Å². The van der Waals surface area contributed by atoms with Crippen molar-refractivity contribution in [3.05, 3.63) is 29.1 Å². The summed E-state index contributed by atoms with van der Waals surface area (Å²) in [5.41, 5.74) is 3.40. The third kappa shape index (κ3) is 3.83. The Morgan fingerprint density at radius 3 is 2.67 bits per heavy atom. The fourth-order valence-corrected chi connectivity index (χ4v) is 4.57. The highest BCUT2D eigenvalue weighted by atomic mass is 16.6. The maximum Gasteiger partial charge on any atom is 0.410 e. The van der Waals surface area contributed by atoms with Crippen LogP contribution in [0.5, 0.6) is 0 Å². The van der Waals surface area contributed by atoms with Gasteiger partial charge < -0.3 is 15.0 Å². The summed E-state index contributed by atoms with van der Waals surface area (Å²) in [5.74, 6) is 0.433. The highest BCUT2D eigenvalue weighted by Crippen LogP contribution is 2.37. The van der Waals surface area contributed by atoms with Crippen LogP contribution in [0.15, 0.2) is 12.1 Å². The molecule has 4 heterocycles. The summed E-state index contributed by atoms with van der Waals surface area (Å²) in [4.78, 5) is 21.7. The lowest BCUT2D eigenvalue weighted by Crippen LogP contribution is -2.48. The molecule has 1 aromatic heterocycles. The van der Waals surface area contributed by atoms with Gasteiger partial charge in [-0.1, -0.05) is 6.07 Å². The van der Waals surface area contributed by atoms with E-state index < -0.39 is 5.60 Å². The number of carbonyl (C=O) groups excluding carboxylic acids is 1. The van der Waals surface area contributed by atoms with Gasteiger partial charge in [0, 0.05) is 56.4 Å². The Kier molecular flexibility index (Phi) is 4.89. The van der Waals surface area contributed by atoms with Gasteiger partial charge in [0.2, 0.25) is 0 Å². The molecule has 0 aliphatic carbocycles. The van der Waals surface area contributed by atoms with Gasteiger partial charge in [-0.25, -0.2) is 4.79 Å². The molecule has 3 aliphatic heterocycles. The van der Waals surface area contributed by atoms with Crippen molar-refractivity contribution in [2.45, 2.75) is 70.7 Å². The topological polar surface area (TPSA) is 57.7 Å². The third-order valence-electron chi connectivity index (χ3n) is 6.03. The molecule has 0 spiro atoms. The Hall–Kier alpha value is -1.66. The number of piperazine rings is 1. The Labute approximate surface area is 162 Å². The van der Waals surface area contributed by atoms with Crippen LogP contribution in [0.4, 0.5) is 4.79 Å². The maximum atomic E-state index is 12.3. The zero-order chi connectivity index (χ0) is 19.2. The summed E-state index contributed by atoms with van der Waals surface area (Å²) >= 11 is 0. The second-order valence-corrected chi connectivity index (χ2v) is 9.21. The standard InChI is InChI=1S/C21H32N4O2/c1-14-11-22-12-19-16-5-6-17(23-18(16)13-25(14)19)15-7-9-24(10-8-15)20(26)27-21(2,3)4/h5-6,14-15,19,22H,7-13H2,1-4H3/t14-,19-/m1/s1. The SMILES string of the molecule is C[C@@H]1CNC[C@@H]2c3ccc(C4CCN(C(=O)OC(C)(C)C)CC4)nc3CN12. The van der Waals surface area contributed by atoms with Gasteiger partial charge in [-0.2, -0.15) is 0 Å². The molecule has 148 valence electrons. The number of hydrogen-bond acceptors (Lipinski definition) is 5. The third-order valence-corrected chi connectivity index (χ3v) is 6.03. The van der Waals surface area contributed by atoms with Crippen LogP contribution < -0.4 is 5.32 Å². The fraction of sp³-hybridized carbons (Fsp3) is 0.714. The number of amides is 1. The average Bonchev–Trinajstić information content (AvgIpc) is 3.00. The second-order valence-electron chi connectivity index (χ2n) is 9.21. The number of pyridine rings is 1. The zero-order valence-corrected chi connectivity index (χ0v) is 17.0. The molecule has 27 heavy (non-hydrogen) atoms. The first-order valence-corrected chi connectivity index (χ1v) is 10.3. The summed E-state index contributed by atoms with van der Waals surface area (Å²) in [6.07, 6.45) is 1.72. The van der Waals surface area contributed by atoms with Crippen LogP contribution in [0.1, 0.15) is 69.4 Å². The number of nitrogens with zero attached hydrogens (tertiary/aromatic N) is 3. The van der Waals surface area contributed by atoms with Gasteiger partial charge in [0.25, 0.3) is 0 Å². The van der Waals surface area contributed by atoms with E-state index in [-0.39, 0.29) is 6.09 Å². The average molecular weight is 373 g/mol.